The molecule has 2 aliphatic rings. The number of rotatable bonds is 2. The number of likely N-dealkylation sites (tertiary alicyclic amines) is 1. The first-order chi connectivity index (χ1) is 12.2. The van der Waals surface area contributed by atoms with E-state index in [1.807, 2.05) is 12.1 Å². The standard InChI is InChI=1S/C19H17N3O3/c23-17(13-7-3-1-4-8-13)21-12-11-15-16(21)18(24)22(19(25)20-15)14-9-5-2-6-10-14/h1-10,15-16H,11-12H2,(H,20,25)/t15-,16+/m1/s1. The average molecular weight is 335 g/mol. The highest BCUT2D eigenvalue weighted by atomic mass is 16.2. The molecule has 2 heterocycles. The van der Waals surface area contributed by atoms with E-state index in [0.29, 0.717) is 24.2 Å². The SMILES string of the molecule is O=C1N[C@@H]2CCN(C(=O)c3ccccc3)[C@@H]2C(=O)N1c1ccccc1. The topological polar surface area (TPSA) is 69.7 Å². The zero-order valence-corrected chi connectivity index (χ0v) is 13.5. The molecule has 0 saturated carbocycles. The largest absolute Gasteiger partial charge is 0.332 e. The molecular weight excluding hydrogens is 318 g/mol. The summed E-state index contributed by atoms with van der Waals surface area (Å²) in [5.41, 5.74) is 1.04. The molecular formula is C19H17N3O3. The molecule has 0 aliphatic carbocycles. The lowest BCUT2D eigenvalue weighted by atomic mass is 10.0. The van der Waals surface area contributed by atoms with Crippen LogP contribution in [-0.4, -0.2) is 41.4 Å². The first-order valence-corrected chi connectivity index (χ1v) is 8.22. The molecule has 0 radical (unpaired) electrons. The molecule has 0 aromatic heterocycles. The Labute approximate surface area is 145 Å². The van der Waals surface area contributed by atoms with E-state index in [2.05, 4.69) is 5.32 Å². The van der Waals surface area contributed by atoms with E-state index in [0.717, 1.165) is 4.90 Å². The Morgan fingerprint density at radius 1 is 0.960 bits per heavy atom. The normalized spacial score (nSPS) is 22.6. The third-order valence-corrected chi connectivity index (χ3v) is 4.68. The second kappa shape index (κ2) is 6.05. The number of nitrogens with one attached hydrogen (secondary N) is 1. The number of hydrogen-bond donors (Lipinski definition) is 1. The molecule has 25 heavy (non-hydrogen) atoms. The van der Waals surface area contributed by atoms with E-state index in [-0.39, 0.29) is 17.9 Å². The summed E-state index contributed by atoms with van der Waals surface area (Å²) < 4.78 is 0. The van der Waals surface area contributed by atoms with Gasteiger partial charge in [0.15, 0.2) is 0 Å². The van der Waals surface area contributed by atoms with Crippen LogP contribution in [0.5, 0.6) is 0 Å². The van der Waals surface area contributed by atoms with Gasteiger partial charge in [-0.1, -0.05) is 36.4 Å². The predicted molar refractivity (Wildman–Crippen MR) is 92.1 cm³/mol. The van der Waals surface area contributed by atoms with Crippen molar-refractivity contribution < 1.29 is 14.4 Å². The van der Waals surface area contributed by atoms with Crippen LogP contribution < -0.4 is 10.2 Å². The van der Waals surface area contributed by atoms with Gasteiger partial charge in [-0.25, -0.2) is 9.69 Å². The maximum absolute atomic E-state index is 13.0. The highest BCUT2D eigenvalue weighted by Crippen LogP contribution is 2.28. The molecule has 2 aromatic carbocycles. The number of anilines is 1. The number of carbonyl (C=O) groups excluding carboxylic acids is 3. The van der Waals surface area contributed by atoms with Gasteiger partial charge in [0.25, 0.3) is 11.8 Å². The maximum Gasteiger partial charge on any atom is 0.329 e. The summed E-state index contributed by atoms with van der Waals surface area (Å²) in [6.45, 7) is 0.442. The van der Waals surface area contributed by atoms with Crippen molar-refractivity contribution >= 4 is 23.5 Å². The Morgan fingerprint density at radius 3 is 2.28 bits per heavy atom. The Bertz CT molecular complexity index is 822. The Morgan fingerprint density at radius 2 is 1.60 bits per heavy atom. The number of urea groups is 1. The number of carbonyl (C=O) groups is 3. The second-order valence-corrected chi connectivity index (χ2v) is 6.16. The Hall–Kier alpha value is -3.15. The molecule has 4 rings (SSSR count). The zero-order valence-electron chi connectivity index (χ0n) is 13.5. The van der Waals surface area contributed by atoms with Crippen LogP contribution in [0.2, 0.25) is 0 Å². The lowest BCUT2D eigenvalue weighted by Gasteiger charge is -2.36. The van der Waals surface area contributed by atoms with Crippen molar-refractivity contribution in [3.8, 4) is 0 Å². The van der Waals surface area contributed by atoms with Gasteiger partial charge in [-0.15, -0.1) is 0 Å². The maximum atomic E-state index is 13.0. The number of para-hydroxylation sites is 1. The number of benzene rings is 2. The fourth-order valence-electron chi connectivity index (χ4n) is 3.50. The van der Waals surface area contributed by atoms with Gasteiger partial charge in [0.1, 0.15) is 6.04 Å². The van der Waals surface area contributed by atoms with E-state index in [9.17, 15) is 14.4 Å². The van der Waals surface area contributed by atoms with Crippen molar-refractivity contribution in [2.24, 2.45) is 0 Å². The third-order valence-electron chi connectivity index (χ3n) is 4.68. The molecule has 4 amide bonds. The van der Waals surface area contributed by atoms with Gasteiger partial charge in [0, 0.05) is 12.1 Å². The van der Waals surface area contributed by atoms with Gasteiger partial charge >= 0.3 is 6.03 Å². The summed E-state index contributed by atoms with van der Waals surface area (Å²) in [6.07, 6.45) is 0.573. The highest BCUT2D eigenvalue weighted by Gasteiger charge is 2.49. The van der Waals surface area contributed by atoms with Crippen LogP contribution >= 0.6 is 0 Å². The average Bonchev–Trinajstić information content (AvgIpc) is 3.06. The summed E-state index contributed by atoms with van der Waals surface area (Å²) in [7, 11) is 0. The van der Waals surface area contributed by atoms with Crippen LogP contribution in [0, 0.1) is 0 Å². The van der Waals surface area contributed by atoms with Gasteiger partial charge in [-0.05, 0) is 30.7 Å². The predicted octanol–water partition coefficient (Wildman–Crippen LogP) is 2.03. The first kappa shape index (κ1) is 15.4. The number of nitrogens with zero attached hydrogens (tertiary/aromatic N) is 2. The summed E-state index contributed by atoms with van der Waals surface area (Å²) in [5.74, 6) is -0.549. The van der Waals surface area contributed by atoms with Crippen molar-refractivity contribution in [1.29, 1.82) is 0 Å². The van der Waals surface area contributed by atoms with Crippen LogP contribution in [0.4, 0.5) is 10.5 Å². The zero-order chi connectivity index (χ0) is 17.4. The molecule has 6 heteroatoms. The van der Waals surface area contributed by atoms with Gasteiger partial charge in [0.2, 0.25) is 0 Å². The van der Waals surface area contributed by atoms with E-state index in [1.165, 1.54) is 0 Å². The van der Waals surface area contributed by atoms with E-state index >= 15 is 0 Å². The molecule has 0 spiro atoms. The molecule has 0 unspecified atom stereocenters. The Kier molecular flexibility index (Phi) is 3.72. The van der Waals surface area contributed by atoms with Crippen molar-refractivity contribution in [2.45, 2.75) is 18.5 Å². The van der Waals surface area contributed by atoms with Gasteiger partial charge in [0.05, 0.1) is 11.7 Å². The van der Waals surface area contributed by atoms with Crippen molar-refractivity contribution in [1.82, 2.24) is 10.2 Å². The van der Waals surface area contributed by atoms with Gasteiger partial charge in [-0.2, -0.15) is 0 Å². The number of amides is 4. The van der Waals surface area contributed by atoms with E-state index in [4.69, 9.17) is 0 Å². The highest BCUT2D eigenvalue weighted by molar-refractivity contribution is 6.19. The smallest absolute Gasteiger partial charge is 0.329 e. The van der Waals surface area contributed by atoms with Gasteiger partial charge < -0.3 is 10.2 Å². The van der Waals surface area contributed by atoms with Crippen LogP contribution in [0.1, 0.15) is 16.8 Å². The summed E-state index contributed by atoms with van der Waals surface area (Å²) in [6, 6.07) is 16.2. The van der Waals surface area contributed by atoms with Crippen LogP contribution in [0.15, 0.2) is 60.7 Å². The van der Waals surface area contributed by atoms with Crippen molar-refractivity contribution in [3.63, 3.8) is 0 Å². The van der Waals surface area contributed by atoms with Crippen molar-refractivity contribution in [3.05, 3.63) is 66.2 Å². The summed E-state index contributed by atoms with van der Waals surface area (Å²) in [5, 5.41) is 2.87. The molecule has 0 bridgehead atoms. The molecule has 2 aromatic rings. The van der Waals surface area contributed by atoms with Crippen LogP contribution in [0.25, 0.3) is 0 Å². The van der Waals surface area contributed by atoms with Crippen molar-refractivity contribution in [2.75, 3.05) is 11.4 Å². The van der Waals surface area contributed by atoms with E-state index < -0.39 is 12.1 Å². The molecule has 2 aliphatic heterocycles. The second-order valence-electron chi connectivity index (χ2n) is 6.16. The van der Waals surface area contributed by atoms with Crippen LogP contribution in [-0.2, 0) is 4.79 Å². The minimum Gasteiger partial charge on any atom is -0.332 e. The Balaban J connectivity index is 1.66. The lowest BCUT2D eigenvalue weighted by Crippen LogP contribution is -2.65. The molecule has 1 N–H and O–H groups in total. The molecule has 2 fully saturated rings. The quantitative estimate of drug-likeness (QED) is 0.913. The van der Waals surface area contributed by atoms with Gasteiger partial charge in [-0.3, -0.25) is 9.59 Å². The number of fused-ring (bicyclic) bond motifs is 1. The number of imide groups is 1. The minimum atomic E-state index is -0.675. The number of hydrogen-bond acceptors (Lipinski definition) is 3. The molecule has 2 saturated heterocycles. The fraction of sp³-hybridized carbons (Fsp3) is 0.211. The monoisotopic (exact) mass is 335 g/mol. The lowest BCUT2D eigenvalue weighted by molar-refractivity contribution is -0.122. The molecule has 6 nitrogen and oxygen atoms in total. The first-order valence-electron chi connectivity index (χ1n) is 8.22. The molecule has 2 atom stereocenters. The fourth-order valence-corrected chi connectivity index (χ4v) is 3.50. The van der Waals surface area contributed by atoms with E-state index in [1.54, 1.807) is 53.4 Å². The summed E-state index contributed by atoms with van der Waals surface area (Å²) >= 11 is 0. The minimum absolute atomic E-state index is 0.189. The van der Waals surface area contributed by atoms with Crippen LogP contribution in [0.3, 0.4) is 0 Å². The summed E-state index contributed by atoms with van der Waals surface area (Å²) in [4.78, 5) is 40.9. The third kappa shape index (κ3) is 2.55. The molecule has 126 valence electrons.